The van der Waals surface area contributed by atoms with Crippen LogP contribution in [0.15, 0.2) is 23.2 Å². The number of rotatable bonds is 8. The Morgan fingerprint density at radius 2 is 2.12 bits per heavy atom. The highest BCUT2D eigenvalue weighted by Crippen LogP contribution is 2.29. The molecule has 1 aliphatic carbocycles. The van der Waals surface area contributed by atoms with E-state index in [2.05, 4.69) is 27.3 Å². The van der Waals surface area contributed by atoms with Crippen LogP contribution in [0.3, 0.4) is 0 Å². The Morgan fingerprint density at radius 1 is 1.40 bits per heavy atom. The standard InChI is InChI=1S/C17H25F2N3O2.HI/c1-4-7-23-13-6-5-12(15(9-13)24-16(18)19)10-21-17(20-3)22-14-8-11(14)2;/h5-6,9,11,14,16H,4,7-8,10H2,1-3H3,(H2,20,21,22);1H. The number of benzene rings is 1. The van der Waals surface area contributed by atoms with Gasteiger partial charge in [0.25, 0.3) is 0 Å². The highest BCUT2D eigenvalue weighted by atomic mass is 127. The summed E-state index contributed by atoms with van der Waals surface area (Å²) in [6.07, 6.45) is 1.96. The van der Waals surface area contributed by atoms with Crippen LogP contribution in [-0.2, 0) is 6.54 Å². The molecule has 1 saturated carbocycles. The average Bonchev–Trinajstić information content (AvgIpc) is 3.25. The maximum absolute atomic E-state index is 12.7. The van der Waals surface area contributed by atoms with Crippen molar-refractivity contribution in [1.82, 2.24) is 10.6 Å². The Balaban J connectivity index is 0.00000312. The number of hydrogen-bond donors (Lipinski definition) is 2. The van der Waals surface area contributed by atoms with Gasteiger partial charge in [-0.15, -0.1) is 24.0 Å². The Bertz CT molecular complexity index is 573. The lowest BCUT2D eigenvalue weighted by Gasteiger charge is -2.15. The van der Waals surface area contributed by atoms with Crippen LogP contribution >= 0.6 is 24.0 Å². The number of alkyl halides is 2. The molecule has 1 fully saturated rings. The van der Waals surface area contributed by atoms with Crippen molar-refractivity contribution in [3.8, 4) is 11.5 Å². The first-order valence-electron chi connectivity index (χ1n) is 8.21. The molecule has 5 nitrogen and oxygen atoms in total. The minimum absolute atomic E-state index is 0. The zero-order chi connectivity index (χ0) is 17.5. The highest BCUT2D eigenvalue weighted by Gasteiger charge is 2.33. The molecular formula is C17H26F2IN3O2. The van der Waals surface area contributed by atoms with Crippen LogP contribution in [0.4, 0.5) is 8.78 Å². The van der Waals surface area contributed by atoms with Crippen molar-refractivity contribution in [1.29, 1.82) is 0 Å². The van der Waals surface area contributed by atoms with E-state index in [1.54, 1.807) is 19.2 Å². The van der Waals surface area contributed by atoms with Gasteiger partial charge in [0.15, 0.2) is 5.96 Å². The van der Waals surface area contributed by atoms with E-state index in [0.717, 1.165) is 12.8 Å². The number of aliphatic imine (C=N–C) groups is 1. The molecule has 2 rings (SSSR count). The SMILES string of the molecule is CCCOc1ccc(CNC(=NC)NC2CC2C)c(OC(F)F)c1.I. The molecule has 2 N–H and O–H groups in total. The summed E-state index contributed by atoms with van der Waals surface area (Å²) in [6.45, 7) is 2.12. The second kappa shape index (κ2) is 10.6. The Hall–Kier alpha value is -1.32. The molecule has 142 valence electrons. The molecule has 25 heavy (non-hydrogen) atoms. The largest absolute Gasteiger partial charge is 0.493 e. The summed E-state index contributed by atoms with van der Waals surface area (Å²) < 4.78 is 35.4. The van der Waals surface area contributed by atoms with Crippen LogP contribution in [0.1, 0.15) is 32.3 Å². The Kier molecular flexibility index (Phi) is 9.23. The van der Waals surface area contributed by atoms with Gasteiger partial charge in [0.05, 0.1) is 6.61 Å². The van der Waals surface area contributed by atoms with Crippen LogP contribution in [0.2, 0.25) is 0 Å². The second-order valence-electron chi connectivity index (χ2n) is 5.89. The van der Waals surface area contributed by atoms with Crippen molar-refractivity contribution < 1.29 is 18.3 Å². The van der Waals surface area contributed by atoms with Gasteiger partial charge < -0.3 is 20.1 Å². The van der Waals surface area contributed by atoms with Gasteiger partial charge >= 0.3 is 6.61 Å². The van der Waals surface area contributed by atoms with E-state index in [1.165, 1.54) is 6.07 Å². The maximum atomic E-state index is 12.7. The number of halogens is 3. The van der Waals surface area contributed by atoms with Crippen LogP contribution in [0.25, 0.3) is 0 Å². The zero-order valence-electron chi connectivity index (χ0n) is 14.7. The van der Waals surface area contributed by atoms with Crippen LogP contribution < -0.4 is 20.1 Å². The van der Waals surface area contributed by atoms with Gasteiger partial charge in [-0.05, 0) is 30.9 Å². The van der Waals surface area contributed by atoms with Gasteiger partial charge in [0.2, 0.25) is 0 Å². The van der Waals surface area contributed by atoms with Gasteiger partial charge in [-0.3, -0.25) is 4.99 Å². The van der Waals surface area contributed by atoms with Crippen molar-refractivity contribution >= 4 is 29.9 Å². The fourth-order valence-corrected chi connectivity index (χ4v) is 2.27. The molecule has 2 unspecified atom stereocenters. The lowest BCUT2D eigenvalue weighted by molar-refractivity contribution is -0.0505. The molecule has 8 heteroatoms. The molecule has 1 aromatic rings. The first-order valence-corrected chi connectivity index (χ1v) is 8.21. The molecule has 0 spiro atoms. The van der Waals surface area contributed by atoms with Crippen LogP contribution in [0.5, 0.6) is 11.5 Å². The van der Waals surface area contributed by atoms with Crippen LogP contribution in [-0.4, -0.2) is 32.3 Å². The van der Waals surface area contributed by atoms with E-state index < -0.39 is 6.61 Å². The highest BCUT2D eigenvalue weighted by molar-refractivity contribution is 14.0. The van der Waals surface area contributed by atoms with E-state index in [-0.39, 0.29) is 29.7 Å². The van der Waals surface area contributed by atoms with Gasteiger partial charge in [-0.25, -0.2) is 0 Å². The molecule has 1 aliphatic rings. The molecule has 1 aromatic carbocycles. The normalized spacial score (nSPS) is 19.2. The predicted octanol–water partition coefficient (Wildman–Crippen LogP) is 3.77. The zero-order valence-corrected chi connectivity index (χ0v) is 17.1. The summed E-state index contributed by atoms with van der Waals surface area (Å²) in [7, 11) is 1.68. The number of hydrogen-bond acceptors (Lipinski definition) is 3. The fourth-order valence-electron chi connectivity index (χ4n) is 2.27. The molecule has 0 saturated heterocycles. The predicted molar refractivity (Wildman–Crippen MR) is 105 cm³/mol. The third-order valence-electron chi connectivity index (χ3n) is 3.83. The number of nitrogens with zero attached hydrogens (tertiary/aromatic N) is 1. The topological polar surface area (TPSA) is 54.9 Å². The monoisotopic (exact) mass is 469 g/mol. The first kappa shape index (κ1) is 21.7. The molecule has 0 aliphatic heterocycles. The van der Waals surface area contributed by atoms with Gasteiger partial charge in [-0.1, -0.05) is 13.8 Å². The quantitative estimate of drug-likeness (QED) is 0.346. The van der Waals surface area contributed by atoms with E-state index in [4.69, 9.17) is 4.74 Å². The van der Waals surface area contributed by atoms with Crippen molar-refractivity contribution in [2.24, 2.45) is 10.9 Å². The lowest BCUT2D eigenvalue weighted by atomic mass is 10.2. The fraction of sp³-hybridized carbons (Fsp3) is 0.588. The first-order chi connectivity index (χ1) is 11.5. The molecule has 0 aromatic heterocycles. The number of ether oxygens (including phenoxy) is 2. The maximum Gasteiger partial charge on any atom is 0.387 e. The summed E-state index contributed by atoms with van der Waals surface area (Å²) >= 11 is 0. The molecule has 2 atom stereocenters. The summed E-state index contributed by atoms with van der Waals surface area (Å²) in [5, 5.41) is 6.41. The van der Waals surface area contributed by atoms with E-state index in [9.17, 15) is 8.78 Å². The van der Waals surface area contributed by atoms with Crippen molar-refractivity contribution in [2.45, 2.75) is 45.9 Å². The van der Waals surface area contributed by atoms with Crippen molar-refractivity contribution in [2.75, 3.05) is 13.7 Å². The minimum atomic E-state index is -2.88. The van der Waals surface area contributed by atoms with E-state index in [0.29, 0.717) is 42.4 Å². The summed E-state index contributed by atoms with van der Waals surface area (Å²) in [5.74, 6) is 1.92. The molecule has 0 amide bonds. The molecule has 0 heterocycles. The van der Waals surface area contributed by atoms with Crippen LogP contribution in [0, 0.1) is 5.92 Å². The van der Waals surface area contributed by atoms with Gasteiger partial charge in [0, 0.05) is 31.3 Å². The van der Waals surface area contributed by atoms with Gasteiger partial charge in [0.1, 0.15) is 11.5 Å². The Labute approximate surface area is 164 Å². The minimum Gasteiger partial charge on any atom is -0.493 e. The van der Waals surface area contributed by atoms with Crippen molar-refractivity contribution in [3.05, 3.63) is 23.8 Å². The number of nitrogens with one attached hydrogen (secondary N) is 2. The van der Waals surface area contributed by atoms with Crippen molar-refractivity contribution in [3.63, 3.8) is 0 Å². The smallest absolute Gasteiger partial charge is 0.387 e. The average molecular weight is 469 g/mol. The Morgan fingerprint density at radius 3 is 2.68 bits per heavy atom. The third-order valence-corrected chi connectivity index (χ3v) is 3.83. The summed E-state index contributed by atoms with van der Waals surface area (Å²) in [5.41, 5.74) is 0.617. The summed E-state index contributed by atoms with van der Waals surface area (Å²) in [6, 6.07) is 5.41. The third kappa shape index (κ3) is 7.21. The van der Waals surface area contributed by atoms with E-state index in [1.807, 2.05) is 6.92 Å². The molecule has 0 radical (unpaired) electrons. The number of guanidine groups is 1. The lowest BCUT2D eigenvalue weighted by Crippen LogP contribution is -2.38. The molecule has 0 bridgehead atoms. The van der Waals surface area contributed by atoms with Gasteiger partial charge in [-0.2, -0.15) is 8.78 Å². The van der Waals surface area contributed by atoms with E-state index >= 15 is 0 Å². The summed E-state index contributed by atoms with van der Waals surface area (Å²) in [4.78, 5) is 4.15. The second-order valence-corrected chi connectivity index (χ2v) is 5.89. The molecular weight excluding hydrogens is 443 g/mol.